The van der Waals surface area contributed by atoms with Gasteiger partial charge in [0.2, 0.25) is 0 Å². The highest BCUT2D eigenvalue weighted by Gasteiger charge is 2.03. The van der Waals surface area contributed by atoms with Crippen molar-refractivity contribution in [3.63, 3.8) is 0 Å². The molecule has 0 fully saturated rings. The average Bonchev–Trinajstić information content (AvgIpc) is 2.01. The second-order valence-corrected chi connectivity index (χ2v) is 3.49. The summed E-state index contributed by atoms with van der Waals surface area (Å²) in [6.07, 6.45) is 0. The monoisotopic (exact) mass is 226 g/mol. The van der Waals surface area contributed by atoms with E-state index >= 15 is 0 Å². The number of hydrogen-bond donors (Lipinski definition) is 0. The van der Waals surface area contributed by atoms with Gasteiger partial charge in [-0.05, 0) is 26.0 Å². The Labute approximate surface area is 80.9 Å². The molecule has 0 radical (unpaired) electrons. The van der Waals surface area contributed by atoms with Gasteiger partial charge in [0.1, 0.15) is 0 Å². The van der Waals surface area contributed by atoms with Crippen molar-refractivity contribution < 1.29 is 4.79 Å². The van der Waals surface area contributed by atoms with Crippen molar-refractivity contribution in [3.05, 3.63) is 34.9 Å². The summed E-state index contributed by atoms with van der Waals surface area (Å²) in [4.78, 5) is 11.3. The number of Topliss-reactive ketones (excluding diaryl/α,β-unsaturated/α-hetero) is 1. The van der Waals surface area contributed by atoms with E-state index in [9.17, 15) is 4.79 Å². The number of benzene rings is 1. The fourth-order valence-corrected chi connectivity index (χ4v) is 1.54. The van der Waals surface area contributed by atoms with E-state index in [0.717, 1.165) is 16.7 Å². The molecule has 1 aromatic rings. The van der Waals surface area contributed by atoms with Crippen molar-refractivity contribution in [2.75, 3.05) is 5.33 Å². The molecule has 0 aromatic heterocycles. The van der Waals surface area contributed by atoms with Crippen molar-refractivity contribution in [2.24, 2.45) is 0 Å². The highest BCUT2D eigenvalue weighted by Crippen LogP contribution is 2.10. The highest BCUT2D eigenvalue weighted by atomic mass is 79.9. The van der Waals surface area contributed by atoms with Crippen LogP contribution in [-0.2, 0) is 0 Å². The Morgan fingerprint density at radius 3 is 2.17 bits per heavy atom. The number of ketones is 1. The van der Waals surface area contributed by atoms with E-state index < -0.39 is 0 Å². The lowest BCUT2D eigenvalue weighted by molar-refractivity contribution is 0.102. The lowest BCUT2D eigenvalue weighted by Gasteiger charge is -2.01. The minimum atomic E-state index is 0.141. The van der Waals surface area contributed by atoms with Gasteiger partial charge in [-0.25, -0.2) is 0 Å². The molecule has 1 nitrogen and oxygen atoms in total. The summed E-state index contributed by atoms with van der Waals surface area (Å²) in [6, 6.07) is 5.89. The molecule has 1 aromatic carbocycles. The van der Waals surface area contributed by atoms with Crippen LogP contribution in [0.5, 0.6) is 0 Å². The molecule has 12 heavy (non-hydrogen) atoms. The van der Waals surface area contributed by atoms with Crippen LogP contribution in [0, 0.1) is 13.8 Å². The molecule has 64 valence electrons. The summed E-state index contributed by atoms with van der Waals surface area (Å²) in [5.74, 6) is 0.141. The number of aryl methyl sites for hydroxylation is 2. The predicted molar refractivity (Wildman–Crippen MR) is 54.0 cm³/mol. The standard InChI is InChI=1S/C10H11BrO/c1-7-3-8(2)5-9(4-7)10(12)6-11/h3-5H,6H2,1-2H3. The van der Waals surface area contributed by atoms with E-state index in [1.54, 1.807) is 0 Å². The van der Waals surface area contributed by atoms with Crippen molar-refractivity contribution >= 4 is 21.7 Å². The summed E-state index contributed by atoms with van der Waals surface area (Å²) in [6.45, 7) is 4.00. The highest BCUT2D eigenvalue weighted by molar-refractivity contribution is 9.09. The lowest BCUT2D eigenvalue weighted by Crippen LogP contribution is -2.00. The maximum atomic E-state index is 11.3. The van der Waals surface area contributed by atoms with E-state index in [1.165, 1.54) is 0 Å². The molecular formula is C10H11BrO. The predicted octanol–water partition coefficient (Wildman–Crippen LogP) is 2.88. The van der Waals surface area contributed by atoms with Gasteiger partial charge < -0.3 is 0 Å². The second-order valence-electron chi connectivity index (χ2n) is 2.93. The molecule has 1 rings (SSSR count). The Hall–Kier alpha value is -0.630. The molecule has 0 amide bonds. The Morgan fingerprint density at radius 1 is 1.25 bits per heavy atom. The zero-order chi connectivity index (χ0) is 9.14. The maximum Gasteiger partial charge on any atom is 0.173 e. The Morgan fingerprint density at radius 2 is 1.75 bits per heavy atom. The van der Waals surface area contributed by atoms with Gasteiger partial charge in [-0.3, -0.25) is 4.79 Å². The molecule has 0 atom stereocenters. The van der Waals surface area contributed by atoms with Crippen molar-refractivity contribution in [2.45, 2.75) is 13.8 Å². The zero-order valence-electron chi connectivity index (χ0n) is 7.23. The molecule has 0 saturated heterocycles. The SMILES string of the molecule is Cc1cc(C)cc(C(=O)CBr)c1. The summed E-state index contributed by atoms with van der Waals surface area (Å²) in [5, 5.41) is 0.399. The van der Waals surface area contributed by atoms with Crippen molar-refractivity contribution in [1.29, 1.82) is 0 Å². The smallest absolute Gasteiger partial charge is 0.173 e. The first-order chi connectivity index (χ1) is 5.63. The van der Waals surface area contributed by atoms with Gasteiger partial charge in [0, 0.05) is 5.56 Å². The molecule has 0 aliphatic rings. The van der Waals surface area contributed by atoms with Crippen LogP contribution in [0.3, 0.4) is 0 Å². The first-order valence-corrected chi connectivity index (χ1v) is 4.93. The number of hydrogen-bond acceptors (Lipinski definition) is 1. The van der Waals surface area contributed by atoms with Gasteiger partial charge in [0.05, 0.1) is 5.33 Å². The molecule has 2 heteroatoms. The third kappa shape index (κ3) is 2.18. The molecule has 0 aliphatic heterocycles. The van der Waals surface area contributed by atoms with Gasteiger partial charge in [0.15, 0.2) is 5.78 Å². The van der Waals surface area contributed by atoms with Crippen LogP contribution in [0.2, 0.25) is 0 Å². The largest absolute Gasteiger partial charge is 0.293 e. The molecular weight excluding hydrogens is 216 g/mol. The third-order valence-electron chi connectivity index (χ3n) is 1.67. The first-order valence-electron chi connectivity index (χ1n) is 3.81. The molecule has 0 N–H and O–H groups in total. The third-order valence-corrected chi connectivity index (χ3v) is 2.17. The van der Waals surface area contributed by atoms with Crippen LogP contribution >= 0.6 is 15.9 Å². The fraction of sp³-hybridized carbons (Fsp3) is 0.300. The first kappa shape index (κ1) is 9.46. The minimum absolute atomic E-state index is 0.141. The van der Waals surface area contributed by atoms with Gasteiger partial charge >= 0.3 is 0 Å². The van der Waals surface area contributed by atoms with E-state index in [4.69, 9.17) is 0 Å². The van der Waals surface area contributed by atoms with E-state index in [-0.39, 0.29) is 5.78 Å². The van der Waals surface area contributed by atoms with E-state index in [0.29, 0.717) is 5.33 Å². The van der Waals surface area contributed by atoms with Crippen molar-refractivity contribution in [3.8, 4) is 0 Å². The maximum absolute atomic E-state index is 11.3. The van der Waals surface area contributed by atoms with Crippen LogP contribution < -0.4 is 0 Å². The normalized spacial score (nSPS) is 9.92. The number of carbonyl (C=O) groups excluding carboxylic acids is 1. The summed E-state index contributed by atoms with van der Waals surface area (Å²) in [7, 11) is 0. The molecule has 0 unspecified atom stereocenters. The van der Waals surface area contributed by atoms with Gasteiger partial charge in [-0.2, -0.15) is 0 Å². The quantitative estimate of drug-likeness (QED) is 0.560. The Bertz CT molecular complexity index is 284. The number of carbonyl (C=O) groups is 1. The van der Waals surface area contributed by atoms with Crippen LogP contribution in [0.15, 0.2) is 18.2 Å². The second kappa shape index (κ2) is 3.85. The zero-order valence-corrected chi connectivity index (χ0v) is 8.81. The van der Waals surface area contributed by atoms with Gasteiger partial charge in [-0.1, -0.05) is 33.1 Å². The van der Waals surface area contributed by atoms with Crippen LogP contribution in [0.25, 0.3) is 0 Å². The average molecular weight is 227 g/mol. The number of rotatable bonds is 2. The van der Waals surface area contributed by atoms with Crippen molar-refractivity contribution in [1.82, 2.24) is 0 Å². The van der Waals surface area contributed by atoms with Gasteiger partial charge in [0.25, 0.3) is 0 Å². The summed E-state index contributed by atoms with van der Waals surface area (Å²) < 4.78 is 0. The van der Waals surface area contributed by atoms with E-state index in [1.807, 2.05) is 26.0 Å². The summed E-state index contributed by atoms with van der Waals surface area (Å²) >= 11 is 3.15. The lowest BCUT2D eigenvalue weighted by atomic mass is 10.1. The molecule has 0 aliphatic carbocycles. The van der Waals surface area contributed by atoms with Crippen LogP contribution in [0.1, 0.15) is 21.5 Å². The molecule has 0 spiro atoms. The Kier molecular flexibility index (Phi) is 3.04. The Balaban J connectivity index is 3.08. The van der Waals surface area contributed by atoms with Crippen LogP contribution in [-0.4, -0.2) is 11.1 Å². The van der Waals surface area contributed by atoms with Crippen LogP contribution in [0.4, 0.5) is 0 Å². The minimum Gasteiger partial charge on any atom is -0.293 e. The molecule has 0 saturated carbocycles. The fourth-order valence-electron chi connectivity index (χ4n) is 1.21. The number of alkyl halides is 1. The van der Waals surface area contributed by atoms with Gasteiger partial charge in [-0.15, -0.1) is 0 Å². The molecule has 0 heterocycles. The number of halogens is 1. The topological polar surface area (TPSA) is 17.1 Å². The summed E-state index contributed by atoms with van der Waals surface area (Å²) in [5.41, 5.74) is 3.07. The van der Waals surface area contributed by atoms with E-state index in [2.05, 4.69) is 22.0 Å². The molecule has 0 bridgehead atoms.